The molecule has 1 aromatic rings. The summed E-state index contributed by atoms with van der Waals surface area (Å²) in [6.07, 6.45) is 2.83. The Kier molecular flexibility index (Phi) is 4.12. The van der Waals surface area contributed by atoms with E-state index >= 15 is 0 Å². The minimum absolute atomic E-state index is 0.283. The van der Waals surface area contributed by atoms with Crippen LogP contribution in [-0.2, 0) is 4.79 Å². The quantitative estimate of drug-likeness (QED) is 0.621. The summed E-state index contributed by atoms with van der Waals surface area (Å²) in [5.41, 5.74) is 0.181. The number of carboxylic acid groups (broad SMARTS) is 1. The number of aliphatic carboxylic acids is 1. The average molecular weight is 297 g/mol. The van der Waals surface area contributed by atoms with Gasteiger partial charge in [-0.05, 0) is 26.0 Å². The van der Waals surface area contributed by atoms with Crippen molar-refractivity contribution < 1.29 is 14.7 Å². The number of thioether (sulfide) groups is 1. The molecule has 0 unspecified atom stereocenters. The van der Waals surface area contributed by atoms with Crippen LogP contribution in [0.4, 0.5) is 0 Å². The SMILES string of the molecule is CSc1nc(=O)[nH]c(C)c1C(=O)N1CCC[C@H]1C(=O)O. The molecule has 0 bridgehead atoms. The van der Waals surface area contributed by atoms with Crippen molar-refractivity contribution in [3.8, 4) is 0 Å². The number of carbonyl (C=O) groups is 2. The lowest BCUT2D eigenvalue weighted by atomic mass is 10.2. The second kappa shape index (κ2) is 5.66. The number of nitrogens with zero attached hydrogens (tertiary/aromatic N) is 2. The number of aromatic nitrogens is 2. The highest BCUT2D eigenvalue weighted by Gasteiger charge is 2.36. The first-order valence-corrected chi connectivity index (χ1v) is 7.37. The molecule has 1 amide bonds. The topological polar surface area (TPSA) is 103 Å². The molecule has 0 aromatic carbocycles. The second-order valence-corrected chi connectivity index (χ2v) is 5.34. The van der Waals surface area contributed by atoms with Crippen LogP contribution >= 0.6 is 11.8 Å². The number of rotatable bonds is 3. The van der Waals surface area contributed by atoms with Gasteiger partial charge in [-0.3, -0.25) is 4.79 Å². The zero-order valence-corrected chi connectivity index (χ0v) is 12.0. The van der Waals surface area contributed by atoms with Gasteiger partial charge < -0.3 is 15.0 Å². The maximum absolute atomic E-state index is 12.6. The molecule has 1 aliphatic rings. The molecule has 0 aliphatic carbocycles. The van der Waals surface area contributed by atoms with E-state index in [4.69, 9.17) is 5.11 Å². The number of hydrogen-bond donors (Lipinski definition) is 2. The van der Waals surface area contributed by atoms with Crippen molar-refractivity contribution in [2.45, 2.75) is 30.8 Å². The fraction of sp³-hybridized carbons (Fsp3) is 0.500. The summed E-state index contributed by atoms with van der Waals surface area (Å²) in [5, 5.41) is 9.47. The van der Waals surface area contributed by atoms with E-state index in [1.165, 1.54) is 16.7 Å². The Labute approximate surface area is 119 Å². The van der Waals surface area contributed by atoms with E-state index in [9.17, 15) is 14.4 Å². The summed E-state index contributed by atoms with van der Waals surface area (Å²) in [7, 11) is 0. The molecule has 1 aromatic heterocycles. The first-order valence-electron chi connectivity index (χ1n) is 6.14. The number of carbonyl (C=O) groups excluding carboxylic acids is 1. The molecule has 8 heteroatoms. The van der Waals surface area contributed by atoms with Crippen LogP contribution in [0.15, 0.2) is 9.82 Å². The molecule has 1 atom stereocenters. The van der Waals surface area contributed by atoms with Gasteiger partial charge in [-0.25, -0.2) is 9.59 Å². The third kappa shape index (κ3) is 2.55. The minimum Gasteiger partial charge on any atom is -0.480 e. The summed E-state index contributed by atoms with van der Waals surface area (Å²) >= 11 is 1.19. The van der Waals surface area contributed by atoms with Gasteiger partial charge in [0.05, 0.1) is 5.56 Å². The number of amides is 1. The molecule has 20 heavy (non-hydrogen) atoms. The monoisotopic (exact) mass is 297 g/mol. The normalized spacial score (nSPS) is 18.3. The van der Waals surface area contributed by atoms with E-state index < -0.39 is 17.7 Å². The molecule has 1 saturated heterocycles. The number of H-pyrrole nitrogens is 1. The van der Waals surface area contributed by atoms with Crippen LogP contribution in [-0.4, -0.2) is 50.7 Å². The predicted molar refractivity (Wildman–Crippen MR) is 73.1 cm³/mol. The molecule has 0 spiro atoms. The maximum Gasteiger partial charge on any atom is 0.346 e. The number of aryl methyl sites for hydroxylation is 1. The Bertz CT molecular complexity index is 613. The Morgan fingerprint density at radius 1 is 1.50 bits per heavy atom. The molecular weight excluding hydrogens is 282 g/mol. The summed E-state index contributed by atoms with van der Waals surface area (Å²) in [5.74, 6) is -1.39. The van der Waals surface area contributed by atoms with Gasteiger partial charge in [0.15, 0.2) is 0 Å². The number of likely N-dealkylation sites (tertiary alicyclic amines) is 1. The fourth-order valence-corrected chi connectivity index (χ4v) is 2.99. The van der Waals surface area contributed by atoms with Crippen molar-refractivity contribution in [2.24, 2.45) is 0 Å². The smallest absolute Gasteiger partial charge is 0.346 e. The van der Waals surface area contributed by atoms with E-state index in [1.54, 1.807) is 13.2 Å². The molecule has 2 N–H and O–H groups in total. The Balaban J connectivity index is 2.43. The van der Waals surface area contributed by atoms with Crippen LogP contribution in [0.3, 0.4) is 0 Å². The average Bonchev–Trinajstić information content (AvgIpc) is 2.86. The van der Waals surface area contributed by atoms with E-state index in [-0.39, 0.29) is 11.5 Å². The van der Waals surface area contributed by atoms with Gasteiger partial charge in [-0.1, -0.05) is 0 Å². The lowest BCUT2D eigenvalue weighted by Gasteiger charge is -2.22. The molecule has 2 rings (SSSR count). The summed E-state index contributed by atoms with van der Waals surface area (Å²) in [4.78, 5) is 42.7. The third-order valence-corrected chi connectivity index (χ3v) is 3.97. The number of nitrogens with one attached hydrogen (secondary N) is 1. The molecule has 1 aliphatic heterocycles. The standard InChI is InChI=1S/C12H15N3O4S/c1-6-8(9(20-2)14-12(19)13-6)10(16)15-5-3-4-7(15)11(17)18/h7H,3-5H2,1-2H3,(H,17,18)(H,13,14,19)/t7-/m0/s1. The van der Waals surface area contributed by atoms with Crippen LogP contribution in [0.5, 0.6) is 0 Å². The van der Waals surface area contributed by atoms with Gasteiger partial charge in [0.25, 0.3) is 5.91 Å². The predicted octanol–water partition coefficient (Wildman–Crippen LogP) is 0.489. The van der Waals surface area contributed by atoms with Gasteiger partial charge in [0.1, 0.15) is 11.1 Å². The molecule has 108 valence electrons. The lowest BCUT2D eigenvalue weighted by Crippen LogP contribution is -2.41. The highest BCUT2D eigenvalue weighted by atomic mass is 32.2. The minimum atomic E-state index is -1.00. The maximum atomic E-state index is 12.6. The van der Waals surface area contributed by atoms with Crippen LogP contribution in [0.25, 0.3) is 0 Å². The van der Waals surface area contributed by atoms with Crippen molar-refractivity contribution in [3.63, 3.8) is 0 Å². The van der Waals surface area contributed by atoms with Gasteiger partial charge in [-0.15, -0.1) is 11.8 Å². The van der Waals surface area contributed by atoms with Crippen LogP contribution in [0, 0.1) is 6.92 Å². The Hall–Kier alpha value is -1.83. The summed E-state index contributed by atoms with van der Waals surface area (Å²) in [6.45, 7) is 2.02. The zero-order chi connectivity index (χ0) is 14.9. The Morgan fingerprint density at radius 3 is 2.80 bits per heavy atom. The number of hydrogen-bond acceptors (Lipinski definition) is 5. The van der Waals surface area contributed by atoms with Crippen molar-refractivity contribution in [3.05, 3.63) is 21.7 Å². The van der Waals surface area contributed by atoms with Gasteiger partial charge in [0, 0.05) is 12.2 Å². The van der Waals surface area contributed by atoms with Gasteiger partial charge >= 0.3 is 11.7 Å². The van der Waals surface area contributed by atoms with E-state index in [1.807, 2.05) is 0 Å². The number of aromatic amines is 1. The van der Waals surface area contributed by atoms with E-state index in [0.29, 0.717) is 30.1 Å². The first-order chi connectivity index (χ1) is 9.45. The molecule has 7 nitrogen and oxygen atoms in total. The molecule has 0 radical (unpaired) electrons. The largest absolute Gasteiger partial charge is 0.480 e. The van der Waals surface area contributed by atoms with Crippen molar-refractivity contribution >= 4 is 23.6 Å². The highest BCUT2D eigenvalue weighted by Crippen LogP contribution is 2.25. The molecule has 2 heterocycles. The molecular formula is C12H15N3O4S. The van der Waals surface area contributed by atoms with Crippen LogP contribution in [0.1, 0.15) is 28.9 Å². The zero-order valence-electron chi connectivity index (χ0n) is 11.2. The van der Waals surface area contributed by atoms with Crippen molar-refractivity contribution in [2.75, 3.05) is 12.8 Å². The van der Waals surface area contributed by atoms with Crippen molar-refractivity contribution in [1.82, 2.24) is 14.9 Å². The van der Waals surface area contributed by atoms with Crippen molar-refractivity contribution in [1.29, 1.82) is 0 Å². The third-order valence-electron chi connectivity index (χ3n) is 3.29. The summed E-state index contributed by atoms with van der Waals surface area (Å²) in [6, 6.07) is -0.802. The van der Waals surface area contributed by atoms with E-state index in [2.05, 4.69) is 9.97 Å². The van der Waals surface area contributed by atoms with Crippen LogP contribution in [0.2, 0.25) is 0 Å². The number of carboxylic acids is 1. The first kappa shape index (κ1) is 14.6. The van der Waals surface area contributed by atoms with Gasteiger partial charge in [-0.2, -0.15) is 4.98 Å². The fourth-order valence-electron chi connectivity index (χ4n) is 2.37. The molecule has 0 saturated carbocycles. The Morgan fingerprint density at radius 2 is 2.20 bits per heavy atom. The van der Waals surface area contributed by atoms with E-state index in [0.717, 1.165) is 0 Å². The lowest BCUT2D eigenvalue weighted by molar-refractivity contribution is -0.141. The second-order valence-electron chi connectivity index (χ2n) is 4.55. The van der Waals surface area contributed by atoms with Gasteiger partial charge in [0.2, 0.25) is 0 Å². The highest BCUT2D eigenvalue weighted by molar-refractivity contribution is 7.98. The summed E-state index contributed by atoms with van der Waals surface area (Å²) < 4.78 is 0. The molecule has 1 fully saturated rings. The van der Waals surface area contributed by atoms with Crippen LogP contribution < -0.4 is 5.69 Å².